The number of thioether (sulfide) groups is 1. The first kappa shape index (κ1) is 11.1. The van der Waals surface area contributed by atoms with Gasteiger partial charge in [-0.2, -0.15) is 0 Å². The first-order valence-electron chi connectivity index (χ1n) is 4.57. The highest BCUT2D eigenvalue weighted by atomic mass is 32.2. The van der Waals surface area contributed by atoms with Gasteiger partial charge in [-0.05, 0) is 33.1 Å². The largest absolute Gasteiger partial charge is 0.441 e. The molecule has 0 aliphatic rings. The van der Waals surface area contributed by atoms with E-state index in [0.29, 0.717) is 5.89 Å². The quantitative estimate of drug-likeness (QED) is 0.754. The van der Waals surface area contributed by atoms with E-state index in [4.69, 9.17) is 4.42 Å². The lowest BCUT2D eigenvalue weighted by Crippen LogP contribution is -1.78. The van der Waals surface area contributed by atoms with E-state index < -0.39 is 0 Å². The van der Waals surface area contributed by atoms with Crippen molar-refractivity contribution in [1.29, 1.82) is 0 Å². The molecule has 0 radical (unpaired) electrons. The van der Waals surface area contributed by atoms with Gasteiger partial charge in [0.1, 0.15) is 5.76 Å². The number of aromatic nitrogens is 1. The molecule has 0 N–H and O–H groups in total. The first-order valence-corrected chi connectivity index (χ1v) is 5.45. The highest BCUT2D eigenvalue weighted by Gasteiger charge is 2.09. The van der Waals surface area contributed by atoms with Gasteiger partial charge in [0.15, 0.2) is 0 Å². The van der Waals surface area contributed by atoms with Gasteiger partial charge >= 0.3 is 0 Å². The Labute approximate surface area is 89.1 Å². The van der Waals surface area contributed by atoms with Crippen LogP contribution in [0.3, 0.4) is 0 Å². The maximum Gasteiger partial charge on any atom is 0.232 e. The van der Waals surface area contributed by atoms with Crippen molar-refractivity contribution in [3.05, 3.63) is 34.9 Å². The second kappa shape index (κ2) is 5.05. The van der Waals surface area contributed by atoms with Gasteiger partial charge in [-0.25, -0.2) is 4.98 Å². The van der Waals surface area contributed by atoms with E-state index in [0.717, 1.165) is 16.4 Å². The minimum Gasteiger partial charge on any atom is -0.441 e. The molecular weight excluding hydrogens is 194 g/mol. The summed E-state index contributed by atoms with van der Waals surface area (Å²) in [7, 11) is 0. The molecule has 3 heteroatoms. The van der Waals surface area contributed by atoms with Gasteiger partial charge < -0.3 is 4.42 Å². The predicted octanol–water partition coefficient (Wildman–Crippen LogP) is 3.92. The topological polar surface area (TPSA) is 26.0 Å². The molecule has 0 saturated heterocycles. The van der Waals surface area contributed by atoms with Crippen LogP contribution < -0.4 is 0 Å². The molecule has 0 spiro atoms. The third-order valence-electron chi connectivity index (χ3n) is 1.83. The molecule has 1 heterocycles. The zero-order valence-corrected chi connectivity index (χ0v) is 9.81. The van der Waals surface area contributed by atoms with Crippen LogP contribution in [-0.4, -0.2) is 4.98 Å². The molecule has 0 aliphatic carbocycles. The van der Waals surface area contributed by atoms with Crippen LogP contribution in [-0.2, 0) is 0 Å². The molecule has 14 heavy (non-hydrogen) atoms. The molecule has 76 valence electrons. The van der Waals surface area contributed by atoms with Gasteiger partial charge in [0.05, 0.1) is 10.6 Å². The average molecular weight is 209 g/mol. The first-order chi connectivity index (χ1) is 6.69. The molecule has 0 aromatic carbocycles. The Morgan fingerprint density at radius 2 is 2.07 bits per heavy atom. The Kier molecular flexibility index (Phi) is 4.01. The summed E-state index contributed by atoms with van der Waals surface area (Å²) >= 11 is 1.62. The van der Waals surface area contributed by atoms with Gasteiger partial charge in [-0.15, -0.1) is 0 Å². The van der Waals surface area contributed by atoms with Crippen molar-refractivity contribution < 1.29 is 4.42 Å². The summed E-state index contributed by atoms with van der Waals surface area (Å²) in [6, 6.07) is 0. The summed E-state index contributed by atoms with van der Waals surface area (Å²) in [5.74, 6) is 1.60. The molecule has 0 fully saturated rings. The van der Waals surface area contributed by atoms with Crippen molar-refractivity contribution in [3.8, 4) is 0 Å². The Morgan fingerprint density at radius 1 is 1.36 bits per heavy atom. The normalized spacial score (nSPS) is 12.7. The molecule has 0 unspecified atom stereocenters. The lowest BCUT2D eigenvalue weighted by atomic mass is 10.4. The fraction of sp³-hybridized carbons (Fsp3) is 0.364. The number of nitrogens with zero attached hydrogens (tertiary/aromatic N) is 1. The predicted molar refractivity (Wildman–Crippen MR) is 62.0 cm³/mol. The number of rotatable bonds is 3. The molecule has 1 aromatic rings. The summed E-state index contributed by atoms with van der Waals surface area (Å²) in [5, 5.41) is 2.02. The van der Waals surface area contributed by atoms with Crippen LogP contribution in [0, 0.1) is 13.8 Å². The van der Waals surface area contributed by atoms with E-state index in [9.17, 15) is 0 Å². The highest BCUT2D eigenvalue weighted by molar-refractivity contribution is 8.10. The summed E-state index contributed by atoms with van der Waals surface area (Å²) in [5.41, 5.74) is 0.959. The monoisotopic (exact) mass is 209 g/mol. The maximum atomic E-state index is 5.53. The summed E-state index contributed by atoms with van der Waals surface area (Å²) in [4.78, 5) is 5.40. The summed E-state index contributed by atoms with van der Waals surface area (Å²) in [6.45, 7) is 7.86. The second-order valence-electron chi connectivity index (χ2n) is 2.90. The summed E-state index contributed by atoms with van der Waals surface area (Å²) in [6.07, 6.45) is 4.01. The number of hydrogen-bond donors (Lipinski definition) is 0. The van der Waals surface area contributed by atoms with Crippen LogP contribution in [0.15, 0.2) is 22.0 Å². The molecule has 0 bridgehead atoms. The van der Waals surface area contributed by atoms with E-state index in [1.54, 1.807) is 11.8 Å². The van der Waals surface area contributed by atoms with Gasteiger partial charge in [0.25, 0.3) is 0 Å². The lowest BCUT2D eigenvalue weighted by molar-refractivity contribution is 0.514. The minimum atomic E-state index is 0.714. The van der Waals surface area contributed by atoms with E-state index >= 15 is 0 Å². The lowest BCUT2D eigenvalue weighted by Gasteiger charge is -1.96. The van der Waals surface area contributed by atoms with Gasteiger partial charge in [0.2, 0.25) is 5.89 Å². The maximum absolute atomic E-state index is 5.53. The van der Waals surface area contributed by atoms with Crippen molar-refractivity contribution in [3.63, 3.8) is 0 Å². The van der Waals surface area contributed by atoms with Crippen LogP contribution in [0.5, 0.6) is 0 Å². The van der Waals surface area contributed by atoms with E-state index in [1.165, 1.54) is 0 Å². The Bertz CT molecular complexity index is 344. The van der Waals surface area contributed by atoms with Crippen molar-refractivity contribution in [2.45, 2.75) is 27.7 Å². The molecule has 0 aliphatic heterocycles. The Morgan fingerprint density at radius 3 is 2.50 bits per heavy atom. The van der Waals surface area contributed by atoms with Crippen molar-refractivity contribution in [2.75, 3.05) is 0 Å². The third-order valence-corrected chi connectivity index (χ3v) is 2.91. The average Bonchev–Trinajstić information content (AvgIpc) is 2.48. The van der Waals surface area contributed by atoms with Crippen LogP contribution >= 0.6 is 11.8 Å². The van der Waals surface area contributed by atoms with E-state index in [1.807, 2.05) is 45.3 Å². The molecule has 1 rings (SSSR count). The Hall–Kier alpha value is -0.960. The molecule has 0 saturated carbocycles. The van der Waals surface area contributed by atoms with Crippen LogP contribution in [0.2, 0.25) is 0 Å². The van der Waals surface area contributed by atoms with E-state index in [-0.39, 0.29) is 0 Å². The Balaban J connectivity index is 2.90. The summed E-state index contributed by atoms with van der Waals surface area (Å²) < 4.78 is 5.53. The molecule has 0 atom stereocenters. The number of allylic oxidation sites excluding steroid dienone is 2. The molecule has 0 amide bonds. The van der Waals surface area contributed by atoms with Crippen molar-refractivity contribution >= 4 is 16.7 Å². The minimum absolute atomic E-state index is 0.714. The molecule has 1 aromatic heterocycles. The zero-order chi connectivity index (χ0) is 10.6. The fourth-order valence-electron chi connectivity index (χ4n) is 0.961. The SMILES string of the molecule is C/C=C\S/C(=C\C)c1nc(C)c(C)o1. The van der Waals surface area contributed by atoms with Crippen LogP contribution in [0.25, 0.3) is 4.91 Å². The van der Waals surface area contributed by atoms with Crippen molar-refractivity contribution in [2.24, 2.45) is 0 Å². The van der Waals surface area contributed by atoms with Crippen LogP contribution in [0.4, 0.5) is 0 Å². The standard InChI is InChI=1S/C11H15NOS/c1-5-7-14-10(6-2)11-12-8(3)9(4)13-11/h5-7H,1-4H3/b7-5-,10-6-. The number of hydrogen-bond acceptors (Lipinski definition) is 3. The van der Waals surface area contributed by atoms with Gasteiger partial charge in [-0.1, -0.05) is 23.9 Å². The van der Waals surface area contributed by atoms with E-state index in [2.05, 4.69) is 4.98 Å². The van der Waals surface area contributed by atoms with Gasteiger partial charge in [0, 0.05) is 0 Å². The highest BCUT2D eigenvalue weighted by Crippen LogP contribution is 2.28. The smallest absolute Gasteiger partial charge is 0.232 e. The third kappa shape index (κ3) is 2.51. The number of aryl methyl sites for hydroxylation is 2. The molecular formula is C11H15NOS. The zero-order valence-electron chi connectivity index (χ0n) is 9.00. The molecule has 2 nitrogen and oxygen atoms in total. The van der Waals surface area contributed by atoms with Crippen molar-refractivity contribution in [1.82, 2.24) is 4.98 Å². The van der Waals surface area contributed by atoms with Gasteiger partial charge in [-0.3, -0.25) is 0 Å². The number of oxazole rings is 1. The van der Waals surface area contributed by atoms with Crippen LogP contribution in [0.1, 0.15) is 31.2 Å². The fourth-order valence-corrected chi connectivity index (χ4v) is 1.57. The second-order valence-corrected chi connectivity index (χ2v) is 3.85.